The fraction of sp³-hybridized carbons (Fsp3) is 0. The van der Waals surface area contributed by atoms with Gasteiger partial charge in [0.15, 0.2) is 17.5 Å². The van der Waals surface area contributed by atoms with E-state index < -0.39 is 0 Å². The average molecular weight is 822 g/mol. The van der Waals surface area contributed by atoms with E-state index in [4.69, 9.17) is 15.0 Å². The molecule has 0 aliphatic carbocycles. The SMILES string of the molecule is c1ccc(-c2ccc3c4ccc(-n5c6ccccc6c6ccccc65)cc4n(-c4ccccc4-c4nc(-c5ccccc5)nc(-c5ccc6sc7ccccc7c6c5)n4)c3c2)cc1. The number of hydrogen-bond acceptors (Lipinski definition) is 4. The molecule has 63 heavy (non-hydrogen) atoms. The highest BCUT2D eigenvalue weighted by atomic mass is 32.1. The first-order valence-electron chi connectivity index (χ1n) is 21.2. The maximum absolute atomic E-state index is 5.36. The predicted octanol–water partition coefficient (Wildman–Crippen LogP) is 15.1. The summed E-state index contributed by atoms with van der Waals surface area (Å²) in [6, 6.07) is 75.7. The Morgan fingerprint density at radius 3 is 1.60 bits per heavy atom. The summed E-state index contributed by atoms with van der Waals surface area (Å²) in [7, 11) is 0. The molecule has 4 aromatic heterocycles. The highest BCUT2D eigenvalue weighted by molar-refractivity contribution is 7.25. The lowest BCUT2D eigenvalue weighted by Crippen LogP contribution is -2.04. The molecule has 0 saturated carbocycles. The topological polar surface area (TPSA) is 48.5 Å². The molecule has 0 unspecified atom stereocenters. The molecule has 0 saturated heterocycles. The number of hydrogen-bond donors (Lipinski definition) is 0. The van der Waals surface area contributed by atoms with E-state index in [0.717, 1.165) is 44.7 Å². The van der Waals surface area contributed by atoms with Gasteiger partial charge in [0.05, 0.1) is 27.8 Å². The third-order valence-corrected chi connectivity index (χ3v) is 13.5. The normalized spacial score (nSPS) is 11.8. The van der Waals surface area contributed by atoms with E-state index in [1.54, 1.807) is 0 Å². The molecular formula is C57H35N5S. The van der Waals surface area contributed by atoms with Gasteiger partial charge in [-0.15, -0.1) is 11.3 Å². The Morgan fingerprint density at radius 1 is 0.302 bits per heavy atom. The minimum absolute atomic E-state index is 0.609. The maximum Gasteiger partial charge on any atom is 0.166 e. The number of aromatic nitrogens is 5. The van der Waals surface area contributed by atoms with Crippen molar-refractivity contribution in [2.45, 2.75) is 0 Å². The van der Waals surface area contributed by atoms with E-state index in [-0.39, 0.29) is 0 Å². The minimum Gasteiger partial charge on any atom is -0.309 e. The summed E-state index contributed by atoms with van der Waals surface area (Å²) >= 11 is 1.81. The summed E-state index contributed by atoms with van der Waals surface area (Å²) in [5.41, 5.74) is 11.7. The van der Waals surface area contributed by atoms with Gasteiger partial charge in [0.1, 0.15) is 0 Å². The van der Waals surface area contributed by atoms with Crippen molar-refractivity contribution in [3.8, 4) is 56.7 Å². The molecule has 0 aliphatic rings. The molecule has 13 rings (SSSR count). The largest absolute Gasteiger partial charge is 0.309 e. The number of nitrogens with zero attached hydrogens (tertiary/aromatic N) is 5. The van der Waals surface area contributed by atoms with Crippen LogP contribution in [0.25, 0.3) is 120 Å². The molecule has 0 radical (unpaired) electrons. The van der Waals surface area contributed by atoms with Crippen LogP contribution in [0.4, 0.5) is 0 Å². The summed E-state index contributed by atoms with van der Waals surface area (Å²) in [4.78, 5) is 15.8. The first kappa shape index (κ1) is 35.6. The number of para-hydroxylation sites is 3. The average Bonchev–Trinajstić information content (AvgIpc) is 4.01. The lowest BCUT2D eigenvalue weighted by atomic mass is 10.0. The van der Waals surface area contributed by atoms with Crippen LogP contribution in [-0.4, -0.2) is 24.1 Å². The van der Waals surface area contributed by atoms with Gasteiger partial charge < -0.3 is 9.13 Å². The molecule has 6 heteroatoms. The first-order valence-corrected chi connectivity index (χ1v) is 22.0. The van der Waals surface area contributed by atoms with Gasteiger partial charge in [0.25, 0.3) is 0 Å². The predicted molar refractivity (Wildman–Crippen MR) is 263 cm³/mol. The first-order chi connectivity index (χ1) is 31.2. The van der Waals surface area contributed by atoms with Gasteiger partial charge in [-0.1, -0.05) is 146 Å². The van der Waals surface area contributed by atoms with Crippen LogP contribution in [0.5, 0.6) is 0 Å². The molecule has 0 spiro atoms. The smallest absolute Gasteiger partial charge is 0.166 e. The van der Waals surface area contributed by atoms with E-state index in [1.807, 2.05) is 29.5 Å². The van der Waals surface area contributed by atoms with Crippen molar-refractivity contribution in [1.82, 2.24) is 24.1 Å². The lowest BCUT2D eigenvalue weighted by Gasteiger charge is -2.15. The van der Waals surface area contributed by atoms with Crippen LogP contribution in [-0.2, 0) is 0 Å². The van der Waals surface area contributed by atoms with Gasteiger partial charge in [-0.2, -0.15) is 0 Å². The molecule has 0 N–H and O–H groups in total. The van der Waals surface area contributed by atoms with Gasteiger partial charge in [0.2, 0.25) is 0 Å². The van der Waals surface area contributed by atoms with Gasteiger partial charge in [-0.05, 0) is 77.9 Å². The third-order valence-electron chi connectivity index (χ3n) is 12.4. The van der Waals surface area contributed by atoms with Gasteiger partial charge in [-0.25, -0.2) is 15.0 Å². The van der Waals surface area contributed by atoms with Crippen LogP contribution in [0, 0.1) is 0 Å². The summed E-state index contributed by atoms with van der Waals surface area (Å²) in [5.74, 6) is 1.87. The highest BCUT2D eigenvalue weighted by Crippen LogP contribution is 2.41. The Hall–Kier alpha value is -8.19. The summed E-state index contributed by atoms with van der Waals surface area (Å²) in [6.45, 7) is 0. The van der Waals surface area contributed by atoms with Crippen LogP contribution in [0.2, 0.25) is 0 Å². The quantitative estimate of drug-likeness (QED) is 0.168. The van der Waals surface area contributed by atoms with Crippen LogP contribution >= 0.6 is 11.3 Å². The van der Waals surface area contributed by atoms with E-state index in [9.17, 15) is 0 Å². The molecule has 0 bridgehead atoms. The van der Waals surface area contributed by atoms with Gasteiger partial charge in [0, 0.05) is 64.1 Å². The fourth-order valence-electron chi connectivity index (χ4n) is 9.48. The van der Waals surface area contributed by atoms with Crippen LogP contribution in [0.3, 0.4) is 0 Å². The van der Waals surface area contributed by atoms with Crippen molar-refractivity contribution in [2.24, 2.45) is 0 Å². The van der Waals surface area contributed by atoms with Crippen molar-refractivity contribution < 1.29 is 0 Å². The Bertz CT molecular complexity index is 3860. The monoisotopic (exact) mass is 821 g/mol. The second-order valence-electron chi connectivity index (χ2n) is 16.0. The van der Waals surface area contributed by atoms with Gasteiger partial charge in [-0.3, -0.25) is 0 Å². The number of rotatable bonds is 6. The third kappa shape index (κ3) is 5.73. The Labute approximate surface area is 366 Å². The van der Waals surface area contributed by atoms with Gasteiger partial charge >= 0.3 is 0 Å². The fourth-order valence-corrected chi connectivity index (χ4v) is 10.6. The molecule has 0 atom stereocenters. The molecule has 294 valence electrons. The second kappa shape index (κ2) is 14.2. The minimum atomic E-state index is 0.609. The lowest BCUT2D eigenvalue weighted by molar-refractivity contribution is 1.06. The van der Waals surface area contributed by atoms with E-state index in [1.165, 1.54) is 58.3 Å². The van der Waals surface area contributed by atoms with Crippen LogP contribution < -0.4 is 0 Å². The maximum atomic E-state index is 5.36. The molecule has 5 nitrogen and oxygen atoms in total. The highest BCUT2D eigenvalue weighted by Gasteiger charge is 2.22. The molecule has 4 heterocycles. The zero-order valence-electron chi connectivity index (χ0n) is 33.9. The zero-order valence-corrected chi connectivity index (χ0v) is 34.7. The van der Waals surface area contributed by atoms with E-state index >= 15 is 0 Å². The van der Waals surface area contributed by atoms with Crippen molar-refractivity contribution in [3.63, 3.8) is 0 Å². The van der Waals surface area contributed by atoms with Crippen molar-refractivity contribution >= 4 is 75.1 Å². The second-order valence-corrected chi connectivity index (χ2v) is 17.1. The number of fused-ring (bicyclic) bond motifs is 9. The molecule has 0 aliphatic heterocycles. The van der Waals surface area contributed by atoms with Crippen molar-refractivity contribution in [2.75, 3.05) is 0 Å². The molecule has 9 aromatic carbocycles. The van der Waals surface area contributed by atoms with Crippen molar-refractivity contribution in [3.05, 3.63) is 212 Å². The Morgan fingerprint density at radius 2 is 0.841 bits per heavy atom. The number of thiophene rings is 1. The zero-order chi connectivity index (χ0) is 41.4. The number of benzene rings is 9. The van der Waals surface area contributed by atoms with Crippen molar-refractivity contribution in [1.29, 1.82) is 0 Å². The van der Waals surface area contributed by atoms with E-state index in [2.05, 4.69) is 203 Å². The summed E-state index contributed by atoms with van der Waals surface area (Å²) in [5, 5.41) is 7.25. The molecule has 0 amide bonds. The standard InChI is InChI=1S/C57H35N5S/c1-3-15-36(16-4-1)38-27-30-43-44-31-29-40(61-48-23-11-7-19-41(48)42-20-8-12-24-49(42)61)35-52(44)62(51(43)34-38)50-25-13-9-22-46(50)57-59-55(37-17-5-2-6-18-37)58-56(60-57)39-28-32-54-47(33-39)45-21-10-14-26-53(45)63-54/h1-35H. The summed E-state index contributed by atoms with van der Waals surface area (Å²) < 4.78 is 7.32. The van der Waals surface area contributed by atoms with Crippen LogP contribution in [0.1, 0.15) is 0 Å². The summed E-state index contributed by atoms with van der Waals surface area (Å²) in [6.07, 6.45) is 0. The molecule has 0 fully saturated rings. The Kier molecular flexibility index (Phi) is 8.01. The molecule has 13 aromatic rings. The van der Waals surface area contributed by atoms with E-state index in [0.29, 0.717) is 17.5 Å². The molecular weight excluding hydrogens is 787 g/mol. The Balaban J connectivity index is 1.08. The van der Waals surface area contributed by atoms with Crippen LogP contribution in [0.15, 0.2) is 212 Å².